The fourth-order valence-electron chi connectivity index (χ4n) is 4.75. The van der Waals surface area contributed by atoms with Crippen LogP contribution in [0.3, 0.4) is 0 Å². The molecule has 0 saturated heterocycles. The van der Waals surface area contributed by atoms with Gasteiger partial charge in [-0.3, -0.25) is 9.59 Å². The van der Waals surface area contributed by atoms with Crippen LogP contribution in [-0.4, -0.2) is 35.7 Å². The Hall–Kier alpha value is -3.90. The number of aromatic nitrogens is 1. The molecule has 2 heterocycles. The molecule has 4 aromatic rings. The molecule has 0 unspecified atom stereocenters. The van der Waals surface area contributed by atoms with Gasteiger partial charge in [-0.1, -0.05) is 61.0 Å². The van der Waals surface area contributed by atoms with Gasteiger partial charge in [0.2, 0.25) is 5.91 Å². The van der Waals surface area contributed by atoms with Gasteiger partial charge in [-0.2, -0.15) is 5.10 Å². The predicted octanol–water partition coefficient (Wildman–Crippen LogP) is 6.00. The molecule has 0 bridgehead atoms. The van der Waals surface area contributed by atoms with Crippen molar-refractivity contribution in [3.8, 4) is 11.1 Å². The first kappa shape index (κ1) is 23.8. The summed E-state index contributed by atoms with van der Waals surface area (Å²) in [7, 11) is 3.98. The van der Waals surface area contributed by atoms with Crippen LogP contribution in [0.5, 0.6) is 0 Å². The number of carbonyl (C=O) groups excluding carboxylic acids is 1. The maximum atomic E-state index is 13.5. The number of anilines is 1. The summed E-state index contributed by atoms with van der Waals surface area (Å²) in [6.07, 6.45) is 0.750. The molecule has 0 spiro atoms. The Kier molecular flexibility index (Phi) is 6.37. The molecule has 1 aliphatic rings. The minimum absolute atomic E-state index is 0.0896. The van der Waals surface area contributed by atoms with E-state index < -0.39 is 0 Å². The highest BCUT2D eigenvalue weighted by molar-refractivity contribution is 6.31. The molecule has 1 N–H and O–H groups in total. The zero-order valence-electron chi connectivity index (χ0n) is 20.5. The third-order valence-electron chi connectivity index (χ3n) is 6.59. The van der Waals surface area contributed by atoms with Gasteiger partial charge in [0.05, 0.1) is 17.3 Å². The van der Waals surface area contributed by atoms with Gasteiger partial charge in [0.15, 0.2) is 0 Å². The Bertz CT molecular complexity index is 1530. The number of aromatic amines is 1. The summed E-state index contributed by atoms with van der Waals surface area (Å²) in [5.41, 5.74) is 5.21. The van der Waals surface area contributed by atoms with Crippen LogP contribution in [0.4, 0.5) is 5.69 Å². The maximum absolute atomic E-state index is 13.5. The molecule has 3 aromatic carbocycles. The number of benzene rings is 3. The van der Waals surface area contributed by atoms with Gasteiger partial charge in [-0.25, -0.2) is 5.01 Å². The second-order valence-corrected chi connectivity index (χ2v) is 9.54. The summed E-state index contributed by atoms with van der Waals surface area (Å²) >= 11 is 6.37. The summed E-state index contributed by atoms with van der Waals surface area (Å²) < 4.78 is 0. The van der Waals surface area contributed by atoms with Crippen molar-refractivity contribution >= 4 is 39.8 Å². The van der Waals surface area contributed by atoms with Crippen LogP contribution in [0.1, 0.15) is 36.9 Å². The first-order valence-electron chi connectivity index (χ1n) is 12.0. The van der Waals surface area contributed by atoms with Crippen LogP contribution in [-0.2, 0) is 4.79 Å². The van der Waals surface area contributed by atoms with Crippen molar-refractivity contribution in [2.45, 2.75) is 25.8 Å². The molecule has 182 valence electrons. The van der Waals surface area contributed by atoms with Gasteiger partial charge >= 0.3 is 0 Å². The number of amides is 1. The third kappa shape index (κ3) is 4.29. The van der Waals surface area contributed by atoms with Gasteiger partial charge < -0.3 is 9.88 Å². The fourth-order valence-corrected chi connectivity index (χ4v) is 4.92. The molecule has 0 aliphatic carbocycles. The van der Waals surface area contributed by atoms with E-state index in [1.165, 1.54) is 5.01 Å². The first-order valence-corrected chi connectivity index (χ1v) is 12.3. The highest BCUT2D eigenvalue weighted by Gasteiger charge is 2.34. The summed E-state index contributed by atoms with van der Waals surface area (Å²) in [5.74, 6) is -0.0896. The Morgan fingerprint density at radius 1 is 1.06 bits per heavy atom. The SMILES string of the molecule is CCC(=O)N1N=C(c2c(-c3ccccc3)c3cc(Cl)ccc3[nH]c2=O)C[C@H]1c1ccc(N(C)C)cc1. The van der Waals surface area contributed by atoms with Crippen LogP contribution < -0.4 is 10.5 Å². The van der Waals surface area contributed by atoms with Crippen LogP contribution >= 0.6 is 11.6 Å². The van der Waals surface area contributed by atoms with Gasteiger partial charge in [-0.05, 0) is 41.5 Å². The van der Waals surface area contributed by atoms with E-state index in [1.54, 1.807) is 6.07 Å². The standard InChI is InChI=1S/C29H27ClN4O2/c1-4-26(35)34-25(18-10-13-21(14-11-18)33(2)3)17-24(32-34)28-27(19-8-6-5-7-9-19)22-16-20(30)12-15-23(22)31-29(28)36/h5-16,25H,4,17H2,1-3H3,(H,31,36)/t25-/m0/s1. The quantitative estimate of drug-likeness (QED) is 0.367. The second kappa shape index (κ2) is 9.63. The van der Waals surface area contributed by atoms with E-state index >= 15 is 0 Å². The van der Waals surface area contributed by atoms with Gasteiger partial charge in [-0.15, -0.1) is 0 Å². The van der Waals surface area contributed by atoms with Crippen LogP contribution in [0, 0.1) is 0 Å². The zero-order chi connectivity index (χ0) is 25.4. The number of nitrogens with one attached hydrogen (secondary N) is 1. The monoisotopic (exact) mass is 498 g/mol. The molecule has 1 aromatic heterocycles. The summed E-state index contributed by atoms with van der Waals surface area (Å²) in [6, 6.07) is 23.0. The number of H-pyrrole nitrogens is 1. The highest BCUT2D eigenvalue weighted by Crippen LogP contribution is 2.38. The largest absolute Gasteiger partial charge is 0.378 e. The molecule has 1 aliphatic heterocycles. The minimum Gasteiger partial charge on any atom is -0.378 e. The van der Waals surface area contributed by atoms with E-state index in [2.05, 4.69) is 4.98 Å². The number of carbonyl (C=O) groups is 1. The number of halogens is 1. The molecule has 0 saturated carbocycles. The lowest BCUT2D eigenvalue weighted by atomic mass is 9.91. The van der Waals surface area contributed by atoms with Crippen molar-refractivity contribution in [3.63, 3.8) is 0 Å². The van der Waals surface area contributed by atoms with E-state index in [4.69, 9.17) is 16.7 Å². The lowest BCUT2D eigenvalue weighted by Crippen LogP contribution is -2.26. The van der Waals surface area contributed by atoms with Crippen LogP contribution in [0.25, 0.3) is 22.0 Å². The maximum Gasteiger partial charge on any atom is 0.258 e. The third-order valence-corrected chi connectivity index (χ3v) is 6.82. The van der Waals surface area contributed by atoms with Gasteiger partial charge in [0, 0.05) is 54.1 Å². The van der Waals surface area contributed by atoms with E-state index in [0.717, 1.165) is 27.8 Å². The van der Waals surface area contributed by atoms with E-state index in [0.29, 0.717) is 34.7 Å². The minimum atomic E-state index is -0.290. The van der Waals surface area contributed by atoms with E-state index in [1.807, 2.05) is 92.6 Å². The molecule has 1 atom stereocenters. The number of pyridine rings is 1. The molecular formula is C29H27ClN4O2. The van der Waals surface area contributed by atoms with Crippen molar-refractivity contribution in [3.05, 3.63) is 99.3 Å². The fraction of sp³-hybridized carbons (Fsp3) is 0.207. The Morgan fingerprint density at radius 3 is 2.44 bits per heavy atom. The number of hydrogen-bond donors (Lipinski definition) is 1. The lowest BCUT2D eigenvalue weighted by molar-refractivity contribution is -0.132. The molecule has 36 heavy (non-hydrogen) atoms. The summed E-state index contributed by atoms with van der Waals surface area (Å²) in [5, 5.41) is 7.70. The molecule has 1 amide bonds. The molecule has 0 fully saturated rings. The summed E-state index contributed by atoms with van der Waals surface area (Å²) in [4.78, 5) is 31.5. The smallest absolute Gasteiger partial charge is 0.258 e. The second-order valence-electron chi connectivity index (χ2n) is 9.10. The van der Waals surface area contributed by atoms with E-state index in [-0.39, 0.29) is 17.5 Å². The topological polar surface area (TPSA) is 68.8 Å². The van der Waals surface area contributed by atoms with Crippen molar-refractivity contribution in [2.75, 3.05) is 19.0 Å². The molecular weight excluding hydrogens is 472 g/mol. The van der Waals surface area contributed by atoms with Crippen molar-refractivity contribution in [2.24, 2.45) is 5.10 Å². The molecule has 0 radical (unpaired) electrons. The normalized spacial score (nSPS) is 15.3. The number of hydrogen-bond acceptors (Lipinski definition) is 4. The van der Waals surface area contributed by atoms with Crippen molar-refractivity contribution in [1.29, 1.82) is 0 Å². The van der Waals surface area contributed by atoms with Gasteiger partial charge in [0.25, 0.3) is 5.56 Å². The van der Waals surface area contributed by atoms with E-state index in [9.17, 15) is 9.59 Å². The average Bonchev–Trinajstić information content (AvgIpc) is 3.33. The Morgan fingerprint density at radius 2 is 1.78 bits per heavy atom. The van der Waals surface area contributed by atoms with Crippen molar-refractivity contribution < 1.29 is 4.79 Å². The zero-order valence-corrected chi connectivity index (χ0v) is 21.2. The van der Waals surface area contributed by atoms with Crippen molar-refractivity contribution in [1.82, 2.24) is 9.99 Å². The van der Waals surface area contributed by atoms with Crippen LogP contribution in [0.2, 0.25) is 5.02 Å². The number of fused-ring (bicyclic) bond motifs is 1. The summed E-state index contributed by atoms with van der Waals surface area (Å²) in [6.45, 7) is 1.82. The van der Waals surface area contributed by atoms with Crippen LogP contribution in [0.15, 0.2) is 82.7 Å². The number of hydrazone groups is 1. The predicted molar refractivity (Wildman–Crippen MR) is 147 cm³/mol. The lowest BCUT2D eigenvalue weighted by Gasteiger charge is -2.22. The van der Waals surface area contributed by atoms with Gasteiger partial charge in [0.1, 0.15) is 0 Å². The number of nitrogens with zero attached hydrogens (tertiary/aromatic N) is 3. The molecule has 7 heteroatoms. The molecule has 6 nitrogen and oxygen atoms in total. The first-order chi connectivity index (χ1) is 17.4. The Labute approximate surface area is 214 Å². The number of rotatable bonds is 5. The molecule has 5 rings (SSSR count). The Balaban J connectivity index is 1.69. The average molecular weight is 499 g/mol. The highest BCUT2D eigenvalue weighted by atomic mass is 35.5.